The minimum Gasteiger partial charge on any atom is -0.376 e. The summed E-state index contributed by atoms with van der Waals surface area (Å²) in [7, 11) is 0. The molecular formula is C20H22N4O2. The molecule has 0 saturated carbocycles. The molecule has 0 aliphatic rings. The number of carbonyl (C=O) groups excluding carboxylic acids is 2. The summed E-state index contributed by atoms with van der Waals surface area (Å²) >= 11 is 0. The van der Waals surface area contributed by atoms with Gasteiger partial charge in [-0.05, 0) is 49.7 Å². The summed E-state index contributed by atoms with van der Waals surface area (Å²) in [5.74, 6) is -0.222. The third kappa shape index (κ3) is 6.29. The van der Waals surface area contributed by atoms with Crippen molar-refractivity contribution in [3.05, 3.63) is 59.7 Å². The Morgan fingerprint density at radius 2 is 1.77 bits per heavy atom. The Kier molecular flexibility index (Phi) is 6.75. The summed E-state index contributed by atoms with van der Waals surface area (Å²) in [5, 5.41) is 17.5. The predicted octanol–water partition coefficient (Wildman–Crippen LogP) is 2.68. The second kappa shape index (κ2) is 9.23. The number of hydrogen-bond acceptors (Lipinski definition) is 4. The molecule has 0 radical (unpaired) electrons. The molecule has 0 aromatic heterocycles. The summed E-state index contributed by atoms with van der Waals surface area (Å²) < 4.78 is 0. The molecule has 0 bridgehead atoms. The number of hydrogen-bond donors (Lipinski definition) is 3. The van der Waals surface area contributed by atoms with Gasteiger partial charge in [0, 0.05) is 17.4 Å². The van der Waals surface area contributed by atoms with Crippen molar-refractivity contribution in [3.63, 3.8) is 0 Å². The minimum atomic E-state index is -0.208. The first kappa shape index (κ1) is 19.0. The lowest BCUT2D eigenvalue weighted by atomic mass is 10.1. The van der Waals surface area contributed by atoms with Crippen molar-refractivity contribution in [3.8, 4) is 6.07 Å². The number of amides is 2. The monoisotopic (exact) mass is 350 g/mol. The summed E-state index contributed by atoms with van der Waals surface area (Å²) in [6.45, 7) is 3.95. The van der Waals surface area contributed by atoms with Crippen LogP contribution in [0.25, 0.3) is 0 Å². The van der Waals surface area contributed by atoms with E-state index in [1.54, 1.807) is 24.3 Å². The standard InChI is InChI=1S/C20H22N4O2/c1-14(2)23-19(25)11-15-6-8-17(9-7-15)22-13-20(26)24-18-5-3-4-16(10-18)12-21/h3-10,14,22H,11,13H2,1-2H3,(H,23,25)(H,24,26). The molecule has 134 valence electrons. The number of nitrogens with zero attached hydrogens (tertiary/aromatic N) is 1. The van der Waals surface area contributed by atoms with E-state index in [-0.39, 0.29) is 24.4 Å². The van der Waals surface area contributed by atoms with Crippen LogP contribution in [0.3, 0.4) is 0 Å². The van der Waals surface area contributed by atoms with Gasteiger partial charge in [0.15, 0.2) is 0 Å². The molecule has 6 nitrogen and oxygen atoms in total. The molecular weight excluding hydrogens is 328 g/mol. The molecule has 0 saturated heterocycles. The Balaban J connectivity index is 1.82. The van der Waals surface area contributed by atoms with Gasteiger partial charge in [0.2, 0.25) is 11.8 Å². The van der Waals surface area contributed by atoms with Crippen molar-refractivity contribution < 1.29 is 9.59 Å². The van der Waals surface area contributed by atoms with Crippen LogP contribution in [0.2, 0.25) is 0 Å². The van der Waals surface area contributed by atoms with Crippen LogP contribution in [0.5, 0.6) is 0 Å². The molecule has 2 rings (SSSR count). The number of anilines is 2. The molecule has 6 heteroatoms. The van der Waals surface area contributed by atoms with E-state index in [0.717, 1.165) is 11.3 Å². The second-order valence-corrected chi connectivity index (χ2v) is 6.19. The van der Waals surface area contributed by atoms with E-state index >= 15 is 0 Å². The summed E-state index contributed by atoms with van der Waals surface area (Å²) in [6.07, 6.45) is 0.328. The third-order valence-corrected chi connectivity index (χ3v) is 3.50. The van der Waals surface area contributed by atoms with Crippen molar-refractivity contribution in [2.24, 2.45) is 0 Å². The topological polar surface area (TPSA) is 94.0 Å². The quantitative estimate of drug-likeness (QED) is 0.715. The molecule has 2 amide bonds. The smallest absolute Gasteiger partial charge is 0.243 e. The minimum absolute atomic E-state index is 0.0142. The maximum atomic E-state index is 12.0. The maximum absolute atomic E-state index is 12.0. The highest BCUT2D eigenvalue weighted by Crippen LogP contribution is 2.11. The highest BCUT2D eigenvalue weighted by molar-refractivity contribution is 5.93. The van der Waals surface area contributed by atoms with Crippen molar-refractivity contribution in [1.82, 2.24) is 5.32 Å². The van der Waals surface area contributed by atoms with Crippen molar-refractivity contribution in [1.29, 1.82) is 5.26 Å². The van der Waals surface area contributed by atoms with E-state index in [1.165, 1.54) is 0 Å². The first-order valence-corrected chi connectivity index (χ1v) is 8.38. The maximum Gasteiger partial charge on any atom is 0.243 e. The molecule has 3 N–H and O–H groups in total. The lowest BCUT2D eigenvalue weighted by Gasteiger charge is -2.10. The first-order chi connectivity index (χ1) is 12.5. The zero-order valence-electron chi connectivity index (χ0n) is 14.9. The highest BCUT2D eigenvalue weighted by atomic mass is 16.2. The first-order valence-electron chi connectivity index (χ1n) is 8.38. The van der Waals surface area contributed by atoms with Crippen LogP contribution in [0.4, 0.5) is 11.4 Å². The third-order valence-electron chi connectivity index (χ3n) is 3.50. The molecule has 0 unspecified atom stereocenters. The fraction of sp³-hybridized carbons (Fsp3) is 0.250. The number of carbonyl (C=O) groups is 2. The van der Waals surface area contributed by atoms with Gasteiger partial charge in [0.1, 0.15) is 0 Å². The molecule has 0 fully saturated rings. The van der Waals surface area contributed by atoms with Crippen LogP contribution in [0.15, 0.2) is 48.5 Å². The Bertz CT molecular complexity index is 807. The molecule has 2 aromatic carbocycles. The summed E-state index contributed by atoms with van der Waals surface area (Å²) in [5.41, 5.74) is 2.78. The van der Waals surface area contributed by atoms with Crippen LogP contribution >= 0.6 is 0 Å². The molecule has 26 heavy (non-hydrogen) atoms. The Hall–Kier alpha value is -3.33. The zero-order chi connectivity index (χ0) is 18.9. The average molecular weight is 350 g/mol. The van der Waals surface area contributed by atoms with E-state index < -0.39 is 0 Å². The number of nitriles is 1. The molecule has 2 aromatic rings. The SMILES string of the molecule is CC(C)NC(=O)Cc1ccc(NCC(=O)Nc2cccc(C#N)c2)cc1. The van der Waals surface area contributed by atoms with E-state index in [4.69, 9.17) is 5.26 Å². The Labute approximate surface area is 153 Å². The van der Waals surface area contributed by atoms with E-state index in [9.17, 15) is 9.59 Å². The zero-order valence-corrected chi connectivity index (χ0v) is 14.9. The summed E-state index contributed by atoms with van der Waals surface area (Å²) in [6, 6.07) is 16.3. The lowest BCUT2D eigenvalue weighted by molar-refractivity contribution is -0.121. The summed E-state index contributed by atoms with van der Waals surface area (Å²) in [4.78, 5) is 23.7. The van der Waals surface area contributed by atoms with Gasteiger partial charge in [-0.25, -0.2) is 0 Å². The normalized spacial score (nSPS) is 10.1. The van der Waals surface area contributed by atoms with Gasteiger partial charge >= 0.3 is 0 Å². The molecule has 0 aliphatic carbocycles. The van der Waals surface area contributed by atoms with Gasteiger partial charge in [0.25, 0.3) is 0 Å². The molecule has 0 heterocycles. The fourth-order valence-corrected chi connectivity index (χ4v) is 2.35. The van der Waals surface area contributed by atoms with Crippen molar-refractivity contribution >= 4 is 23.2 Å². The lowest BCUT2D eigenvalue weighted by Crippen LogP contribution is -2.31. The van der Waals surface area contributed by atoms with Crippen LogP contribution in [0, 0.1) is 11.3 Å². The van der Waals surface area contributed by atoms with E-state index in [0.29, 0.717) is 17.7 Å². The van der Waals surface area contributed by atoms with E-state index in [1.807, 2.05) is 44.2 Å². The second-order valence-electron chi connectivity index (χ2n) is 6.19. The largest absolute Gasteiger partial charge is 0.376 e. The number of nitrogens with one attached hydrogen (secondary N) is 3. The number of benzene rings is 2. The van der Waals surface area contributed by atoms with Crippen molar-refractivity contribution in [2.45, 2.75) is 26.3 Å². The van der Waals surface area contributed by atoms with Gasteiger partial charge in [-0.2, -0.15) is 5.26 Å². The predicted molar refractivity (Wildman–Crippen MR) is 102 cm³/mol. The molecule has 0 spiro atoms. The van der Waals surface area contributed by atoms with Crippen LogP contribution in [0.1, 0.15) is 25.0 Å². The fourth-order valence-electron chi connectivity index (χ4n) is 2.35. The van der Waals surface area contributed by atoms with Gasteiger partial charge < -0.3 is 16.0 Å². The van der Waals surface area contributed by atoms with Crippen LogP contribution in [-0.2, 0) is 16.0 Å². The van der Waals surface area contributed by atoms with Gasteiger partial charge in [-0.3, -0.25) is 9.59 Å². The van der Waals surface area contributed by atoms with Gasteiger partial charge in [-0.15, -0.1) is 0 Å². The van der Waals surface area contributed by atoms with Gasteiger partial charge in [0.05, 0.1) is 24.6 Å². The van der Waals surface area contributed by atoms with Crippen LogP contribution in [-0.4, -0.2) is 24.4 Å². The van der Waals surface area contributed by atoms with Gasteiger partial charge in [-0.1, -0.05) is 18.2 Å². The Morgan fingerprint density at radius 3 is 2.42 bits per heavy atom. The van der Waals surface area contributed by atoms with E-state index in [2.05, 4.69) is 16.0 Å². The molecule has 0 aliphatic heterocycles. The highest BCUT2D eigenvalue weighted by Gasteiger charge is 2.06. The molecule has 0 atom stereocenters. The number of rotatable bonds is 7. The average Bonchev–Trinajstić information content (AvgIpc) is 2.60. The van der Waals surface area contributed by atoms with Crippen LogP contribution < -0.4 is 16.0 Å². The Morgan fingerprint density at radius 1 is 1.04 bits per heavy atom. The van der Waals surface area contributed by atoms with Crippen molar-refractivity contribution in [2.75, 3.05) is 17.2 Å².